The molecule has 1 N–H and O–H groups in total. The topological polar surface area (TPSA) is 62.3 Å². The summed E-state index contributed by atoms with van der Waals surface area (Å²) in [5.41, 5.74) is 1.11. The van der Waals surface area contributed by atoms with Crippen LogP contribution in [0.25, 0.3) is 0 Å². The van der Waals surface area contributed by atoms with E-state index in [4.69, 9.17) is 0 Å². The van der Waals surface area contributed by atoms with E-state index >= 15 is 0 Å². The number of rotatable bonds is 3. The van der Waals surface area contributed by atoms with Gasteiger partial charge in [-0.05, 0) is 18.6 Å². The van der Waals surface area contributed by atoms with Crippen molar-refractivity contribution in [1.29, 1.82) is 0 Å². The summed E-state index contributed by atoms with van der Waals surface area (Å²) in [4.78, 5) is 6.45. The molecule has 100 valence electrons. The quantitative estimate of drug-likeness (QED) is 0.877. The largest absolute Gasteiger partial charge is 0.373 e. The van der Waals surface area contributed by atoms with E-state index in [-0.39, 0.29) is 17.5 Å². The Morgan fingerprint density at radius 3 is 2.83 bits per heavy atom. The van der Waals surface area contributed by atoms with Crippen molar-refractivity contribution in [3.8, 4) is 0 Å². The average molecular weight is 269 g/mol. The van der Waals surface area contributed by atoms with Crippen molar-refractivity contribution >= 4 is 15.7 Å². The molecule has 0 spiro atoms. The zero-order valence-electron chi connectivity index (χ0n) is 10.8. The first kappa shape index (κ1) is 13.3. The van der Waals surface area contributed by atoms with Gasteiger partial charge in [0.15, 0.2) is 9.84 Å². The fourth-order valence-electron chi connectivity index (χ4n) is 2.17. The van der Waals surface area contributed by atoms with E-state index in [1.807, 2.05) is 32.3 Å². The fraction of sp³-hybridized carbons (Fsp3) is 0.583. The van der Waals surface area contributed by atoms with Gasteiger partial charge in [-0.1, -0.05) is 6.07 Å². The average Bonchev–Trinajstić information content (AvgIpc) is 2.33. The molecular weight excluding hydrogens is 250 g/mol. The molecule has 1 aromatic heterocycles. The fourth-order valence-corrected chi connectivity index (χ4v) is 3.79. The second-order valence-corrected chi connectivity index (χ2v) is 6.96. The highest BCUT2D eigenvalue weighted by atomic mass is 32.2. The lowest BCUT2D eigenvalue weighted by Crippen LogP contribution is -2.46. The van der Waals surface area contributed by atoms with E-state index in [2.05, 4.69) is 15.2 Å². The van der Waals surface area contributed by atoms with Crippen LogP contribution < -0.4 is 5.32 Å². The predicted octanol–water partition coefficient (Wildman–Crippen LogP) is 0.742. The van der Waals surface area contributed by atoms with Gasteiger partial charge in [-0.15, -0.1) is 0 Å². The first-order valence-corrected chi connectivity index (χ1v) is 7.89. The summed E-state index contributed by atoms with van der Waals surface area (Å²) in [5, 5.41) is 2.97. The molecular formula is C12H19N3O2S. The lowest BCUT2D eigenvalue weighted by molar-refractivity contribution is 0.218. The van der Waals surface area contributed by atoms with E-state index in [1.165, 1.54) is 0 Å². The SMILES string of the molecule is CNc1ccc(CN2CCS(=O)(=O)CC2C)cn1. The lowest BCUT2D eigenvalue weighted by atomic mass is 10.2. The molecule has 1 aliphatic heterocycles. The Morgan fingerprint density at radius 1 is 1.50 bits per heavy atom. The van der Waals surface area contributed by atoms with E-state index in [1.54, 1.807) is 0 Å². The highest BCUT2D eigenvalue weighted by molar-refractivity contribution is 7.91. The van der Waals surface area contributed by atoms with Gasteiger partial charge < -0.3 is 5.32 Å². The van der Waals surface area contributed by atoms with Crippen molar-refractivity contribution in [3.05, 3.63) is 23.9 Å². The molecule has 1 fully saturated rings. The molecule has 0 saturated carbocycles. The van der Waals surface area contributed by atoms with Gasteiger partial charge >= 0.3 is 0 Å². The van der Waals surface area contributed by atoms with E-state index in [9.17, 15) is 8.42 Å². The standard InChI is InChI=1S/C12H19N3O2S/c1-10-9-18(16,17)6-5-15(10)8-11-3-4-12(13-2)14-7-11/h3-4,7,10H,5-6,8-9H2,1-2H3,(H,13,14). The summed E-state index contributed by atoms with van der Waals surface area (Å²) >= 11 is 0. The molecule has 5 nitrogen and oxygen atoms in total. The number of anilines is 1. The van der Waals surface area contributed by atoms with Crippen molar-refractivity contribution < 1.29 is 8.42 Å². The Bertz CT molecular complexity index is 499. The van der Waals surface area contributed by atoms with Gasteiger partial charge in [-0.3, -0.25) is 4.90 Å². The van der Waals surface area contributed by atoms with Gasteiger partial charge in [0.05, 0.1) is 11.5 Å². The summed E-state index contributed by atoms with van der Waals surface area (Å²) in [6, 6.07) is 4.03. The van der Waals surface area contributed by atoms with Crippen molar-refractivity contribution in [2.24, 2.45) is 0 Å². The molecule has 0 aliphatic carbocycles. The Balaban J connectivity index is 2.01. The number of nitrogens with one attached hydrogen (secondary N) is 1. The molecule has 18 heavy (non-hydrogen) atoms. The Hall–Kier alpha value is -1.14. The number of pyridine rings is 1. The summed E-state index contributed by atoms with van der Waals surface area (Å²) < 4.78 is 23.0. The van der Waals surface area contributed by atoms with Gasteiger partial charge in [0.25, 0.3) is 0 Å². The molecule has 1 aromatic rings. The molecule has 2 rings (SSSR count). The molecule has 1 saturated heterocycles. The Labute approximate surface area is 108 Å². The van der Waals surface area contributed by atoms with Crippen LogP contribution >= 0.6 is 0 Å². The molecule has 0 aromatic carbocycles. The van der Waals surface area contributed by atoms with Crippen LogP contribution in [0.4, 0.5) is 5.82 Å². The number of sulfone groups is 1. The summed E-state index contributed by atoms with van der Waals surface area (Å²) in [7, 11) is -1.00. The van der Waals surface area contributed by atoms with E-state index in [0.717, 1.165) is 17.9 Å². The van der Waals surface area contributed by atoms with Crippen LogP contribution in [0.1, 0.15) is 12.5 Å². The summed E-state index contributed by atoms with van der Waals surface area (Å²) in [6.07, 6.45) is 1.83. The third-order valence-electron chi connectivity index (χ3n) is 3.27. The van der Waals surface area contributed by atoms with E-state index in [0.29, 0.717) is 6.54 Å². The minimum atomic E-state index is -2.84. The lowest BCUT2D eigenvalue weighted by Gasteiger charge is -2.32. The summed E-state index contributed by atoms with van der Waals surface area (Å²) in [6.45, 7) is 3.33. The minimum absolute atomic E-state index is 0.0766. The second-order valence-electron chi connectivity index (χ2n) is 4.74. The van der Waals surface area contributed by atoms with Gasteiger partial charge in [0, 0.05) is 32.4 Å². The van der Waals surface area contributed by atoms with Gasteiger partial charge in [-0.25, -0.2) is 13.4 Å². The Kier molecular flexibility index (Phi) is 3.87. The molecule has 6 heteroatoms. The van der Waals surface area contributed by atoms with Crippen LogP contribution in [0.5, 0.6) is 0 Å². The predicted molar refractivity (Wildman–Crippen MR) is 72.3 cm³/mol. The summed E-state index contributed by atoms with van der Waals surface area (Å²) in [5.74, 6) is 1.36. The minimum Gasteiger partial charge on any atom is -0.373 e. The third-order valence-corrected chi connectivity index (χ3v) is 5.07. The highest BCUT2D eigenvalue weighted by Crippen LogP contribution is 2.15. The normalized spacial score (nSPS) is 23.8. The molecule has 1 unspecified atom stereocenters. The Morgan fingerprint density at radius 2 is 2.28 bits per heavy atom. The second kappa shape index (κ2) is 5.24. The van der Waals surface area contributed by atoms with Crippen LogP contribution in [0.2, 0.25) is 0 Å². The number of hydrogen-bond donors (Lipinski definition) is 1. The molecule has 0 amide bonds. The molecule has 2 heterocycles. The van der Waals surface area contributed by atoms with Gasteiger partial charge in [0.1, 0.15) is 5.82 Å². The van der Waals surface area contributed by atoms with Crippen LogP contribution in [-0.2, 0) is 16.4 Å². The maximum atomic E-state index is 11.5. The van der Waals surface area contributed by atoms with Crippen LogP contribution in [0.15, 0.2) is 18.3 Å². The number of nitrogens with zero attached hydrogens (tertiary/aromatic N) is 2. The van der Waals surface area contributed by atoms with Crippen molar-refractivity contribution in [1.82, 2.24) is 9.88 Å². The first-order chi connectivity index (χ1) is 8.50. The van der Waals surface area contributed by atoms with Crippen molar-refractivity contribution in [2.45, 2.75) is 19.5 Å². The number of aromatic nitrogens is 1. The smallest absolute Gasteiger partial charge is 0.153 e. The zero-order valence-corrected chi connectivity index (χ0v) is 11.6. The first-order valence-electron chi connectivity index (χ1n) is 6.07. The maximum absolute atomic E-state index is 11.5. The van der Waals surface area contributed by atoms with Crippen LogP contribution in [-0.4, -0.2) is 49.4 Å². The van der Waals surface area contributed by atoms with Crippen molar-refractivity contribution in [2.75, 3.05) is 30.4 Å². The monoisotopic (exact) mass is 269 g/mol. The maximum Gasteiger partial charge on any atom is 0.153 e. The molecule has 0 bridgehead atoms. The number of hydrogen-bond acceptors (Lipinski definition) is 5. The molecule has 1 atom stereocenters. The van der Waals surface area contributed by atoms with Gasteiger partial charge in [-0.2, -0.15) is 0 Å². The highest BCUT2D eigenvalue weighted by Gasteiger charge is 2.27. The zero-order chi connectivity index (χ0) is 13.2. The van der Waals surface area contributed by atoms with Gasteiger partial charge in [0.2, 0.25) is 0 Å². The third kappa shape index (κ3) is 3.20. The van der Waals surface area contributed by atoms with Crippen LogP contribution in [0, 0.1) is 0 Å². The van der Waals surface area contributed by atoms with Crippen molar-refractivity contribution in [3.63, 3.8) is 0 Å². The molecule has 1 aliphatic rings. The molecule has 0 radical (unpaired) electrons. The van der Waals surface area contributed by atoms with E-state index < -0.39 is 9.84 Å². The van der Waals surface area contributed by atoms with Crippen LogP contribution in [0.3, 0.4) is 0 Å².